The third-order valence-electron chi connectivity index (χ3n) is 3.53. The minimum absolute atomic E-state index is 0.207. The fourth-order valence-electron chi connectivity index (χ4n) is 2.28. The van der Waals surface area contributed by atoms with Gasteiger partial charge in [0.1, 0.15) is 6.04 Å². The van der Waals surface area contributed by atoms with E-state index in [0.29, 0.717) is 29.3 Å². The zero-order chi connectivity index (χ0) is 16.2. The van der Waals surface area contributed by atoms with Crippen molar-refractivity contribution in [1.29, 1.82) is 0 Å². The lowest BCUT2D eigenvalue weighted by atomic mass is 10.2. The van der Waals surface area contributed by atoms with Gasteiger partial charge in [0.05, 0.1) is 6.61 Å². The molecular formula is C17H15ClN2O3. The number of rotatable bonds is 4. The molecule has 1 amide bonds. The lowest BCUT2D eigenvalue weighted by Crippen LogP contribution is -2.24. The molecule has 0 aliphatic carbocycles. The Morgan fingerprint density at radius 3 is 2.30 bits per heavy atom. The first-order valence-electron chi connectivity index (χ1n) is 7.22. The second-order valence-corrected chi connectivity index (χ2v) is 5.63. The van der Waals surface area contributed by atoms with Crippen molar-refractivity contribution in [2.75, 3.05) is 17.2 Å². The molecule has 1 saturated heterocycles. The molecule has 1 fully saturated rings. The van der Waals surface area contributed by atoms with Crippen LogP contribution in [0.5, 0.6) is 0 Å². The van der Waals surface area contributed by atoms with Crippen LogP contribution in [-0.4, -0.2) is 24.5 Å². The average molecular weight is 331 g/mol. The maximum Gasteiger partial charge on any atom is 0.328 e. The second-order valence-electron chi connectivity index (χ2n) is 5.19. The van der Waals surface area contributed by atoms with Crippen molar-refractivity contribution in [3.8, 4) is 0 Å². The summed E-state index contributed by atoms with van der Waals surface area (Å²) in [6.45, 7) is 0.450. The fraction of sp³-hybridized carbons (Fsp3) is 0.176. The Bertz CT molecular complexity index is 714. The number of halogens is 1. The lowest BCUT2D eigenvalue weighted by Gasteiger charge is -2.11. The van der Waals surface area contributed by atoms with Crippen LogP contribution in [0.15, 0.2) is 48.5 Å². The van der Waals surface area contributed by atoms with Gasteiger partial charge in [0.25, 0.3) is 5.91 Å². The monoisotopic (exact) mass is 330 g/mol. The summed E-state index contributed by atoms with van der Waals surface area (Å²) in [7, 11) is 0. The van der Waals surface area contributed by atoms with Gasteiger partial charge in [-0.05, 0) is 48.5 Å². The maximum atomic E-state index is 12.1. The van der Waals surface area contributed by atoms with E-state index < -0.39 is 0 Å². The zero-order valence-corrected chi connectivity index (χ0v) is 13.0. The third-order valence-corrected chi connectivity index (χ3v) is 3.78. The molecular weight excluding hydrogens is 316 g/mol. The molecule has 23 heavy (non-hydrogen) atoms. The fourth-order valence-corrected chi connectivity index (χ4v) is 2.41. The molecule has 0 radical (unpaired) electrons. The summed E-state index contributed by atoms with van der Waals surface area (Å²) in [6, 6.07) is 13.5. The smallest absolute Gasteiger partial charge is 0.328 e. The van der Waals surface area contributed by atoms with E-state index in [0.717, 1.165) is 5.69 Å². The molecule has 2 aromatic rings. The predicted molar refractivity (Wildman–Crippen MR) is 88.8 cm³/mol. The van der Waals surface area contributed by atoms with Gasteiger partial charge in [-0.1, -0.05) is 11.6 Å². The molecule has 1 unspecified atom stereocenters. The summed E-state index contributed by atoms with van der Waals surface area (Å²) in [5.74, 6) is -0.438. The van der Waals surface area contributed by atoms with Crippen molar-refractivity contribution in [1.82, 2.24) is 0 Å². The van der Waals surface area contributed by atoms with Gasteiger partial charge in [0.15, 0.2) is 0 Å². The number of nitrogens with one attached hydrogen (secondary N) is 2. The molecule has 3 rings (SSSR count). The van der Waals surface area contributed by atoms with Gasteiger partial charge in [0.2, 0.25) is 0 Å². The van der Waals surface area contributed by atoms with Gasteiger partial charge in [-0.15, -0.1) is 0 Å². The molecule has 2 aromatic carbocycles. The summed E-state index contributed by atoms with van der Waals surface area (Å²) >= 11 is 5.80. The van der Waals surface area contributed by atoms with Crippen molar-refractivity contribution in [3.05, 3.63) is 59.1 Å². The highest BCUT2D eigenvalue weighted by Crippen LogP contribution is 2.18. The van der Waals surface area contributed by atoms with Crippen LogP contribution in [0.2, 0.25) is 5.02 Å². The highest BCUT2D eigenvalue weighted by atomic mass is 35.5. The van der Waals surface area contributed by atoms with E-state index in [4.69, 9.17) is 16.3 Å². The van der Waals surface area contributed by atoms with E-state index in [-0.39, 0.29) is 17.9 Å². The van der Waals surface area contributed by atoms with Crippen LogP contribution >= 0.6 is 11.6 Å². The van der Waals surface area contributed by atoms with Crippen LogP contribution in [0, 0.1) is 0 Å². The Morgan fingerprint density at radius 2 is 1.70 bits per heavy atom. The van der Waals surface area contributed by atoms with E-state index in [9.17, 15) is 9.59 Å². The predicted octanol–water partition coefficient (Wildman–Crippen LogP) is 3.32. The lowest BCUT2D eigenvalue weighted by molar-refractivity contribution is -0.138. The minimum atomic E-state index is -0.301. The number of hydrogen-bond acceptors (Lipinski definition) is 4. The Kier molecular flexibility index (Phi) is 4.48. The van der Waals surface area contributed by atoms with Crippen LogP contribution in [0.4, 0.5) is 11.4 Å². The zero-order valence-electron chi connectivity index (χ0n) is 12.2. The number of carbonyl (C=O) groups is 2. The average Bonchev–Trinajstić information content (AvgIpc) is 2.95. The molecule has 1 atom stereocenters. The number of cyclic esters (lactones) is 1. The van der Waals surface area contributed by atoms with Crippen LogP contribution in [0.25, 0.3) is 0 Å². The summed E-state index contributed by atoms with van der Waals surface area (Å²) in [5, 5.41) is 6.50. The SMILES string of the molecule is O=C(Nc1ccc(NC2CCOC2=O)cc1)c1ccc(Cl)cc1. The molecule has 1 aliphatic rings. The number of anilines is 2. The first-order chi connectivity index (χ1) is 11.1. The topological polar surface area (TPSA) is 67.4 Å². The maximum absolute atomic E-state index is 12.1. The first kappa shape index (κ1) is 15.4. The molecule has 5 nitrogen and oxygen atoms in total. The third kappa shape index (κ3) is 3.81. The standard InChI is InChI=1S/C17H15ClN2O3/c18-12-3-1-11(2-4-12)16(21)20-14-7-5-13(6-8-14)19-15-9-10-23-17(15)22/h1-8,15,19H,9-10H2,(H,20,21). The quantitative estimate of drug-likeness (QED) is 0.844. The Hall–Kier alpha value is -2.53. The second kappa shape index (κ2) is 6.71. The van der Waals surface area contributed by atoms with Crippen molar-refractivity contribution in [3.63, 3.8) is 0 Å². The van der Waals surface area contributed by atoms with Crippen LogP contribution < -0.4 is 10.6 Å². The normalized spacial score (nSPS) is 16.7. The molecule has 0 bridgehead atoms. The van der Waals surface area contributed by atoms with Gasteiger partial charge in [-0.3, -0.25) is 4.79 Å². The number of benzene rings is 2. The van der Waals surface area contributed by atoms with Gasteiger partial charge < -0.3 is 15.4 Å². The molecule has 0 saturated carbocycles. The summed E-state index contributed by atoms with van der Waals surface area (Å²) in [5.41, 5.74) is 2.01. The van der Waals surface area contributed by atoms with E-state index in [2.05, 4.69) is 10.6 Å². The largest absolute Gasteiger partial charge is 0.464 e. The van der Waals surface area contributed by atoms with Crippen molar-refractivity contribution >= 4 is 34.9 Å². The van der Waals surface area contributed by atoms with Crippen LogP contribution in [-0.2, 0) is 9.53 Å². The molecule has 1 heterocycles. The van der Waals surface area contributed by atoms with E-state index in [1.54, 1.807) is 36.4 Å². The van der Waals surface area contributed by atoms with Gasteiger partial charge in [-0.2, -0.15) is 0 Å². The Labute approximate surface area is 138 Å². The number of hydrogen-bond donors (Lipinski definition) is 2. The summed E-state index contributed by atoms with van der Waals surface area (Å²) in [4.78, 5) is 23.5. The molecule has 1 aliphatic heterocycles. The number of ether oxygens (including phenoxy) is 1. The number of amides is 1. The van der Waals surface area contributed by atoms with Gasteiger partial charge >= 0.3 is 5.97 Å². The minimum Gasteiger partial charge on any atom is -0.464 e. The first-order valence-corrected chi connectivity index (χ1v) is 7.60. The van der Waals surface area contributed by atoms with E-state index in [1.807, 2.05) is 12.1 Å². The van der Waals surface area contributed by atoms with E-state index >= 15 is 0 Å². The highest BCUT2D eigenvalue weighted by molar-refractivity contribution is 6.30. The van der Waals surface area contributed by atoms with Crippen molar-refractivity contribution in [2.24, 2.45) is 0 Å². The molecule has 0 spiro atoms. The Balaban J connectivity index is 1.62. The number of esters is 1. The molecule has 118 valence electrons. The van der Waals surface area contributed by atoms with Crippen LogP contribution in [0.1, 0.15) is 16.8 Å². The van der Waals surface area contributed by atoms with Crippen LogP contribution in [0.3, 0.4) is 0 Å². The molecule has 0 aromatic heterocycles. The summed E-state index contributed by atoms with van der Waals surface area (Å²) < 4.78 is 4.90. The van der Waals surface area contributed by atoms with Crippen molar-refractivity contribution in [2.45, 2.75) is 12.5 Å². The highest BCUT2D eigenvalue weighted by Gasteiger charge is 2.25. The summed E-state index contributed by atoms with van der Waals surface area (Å²) in [6.07, 6.45) is 0.661. The molecule has 6 heteroatoms. The van der Waals surface area contributed by atoms with Gasteiger partial charge in [0, 0.05) is 28.4 Å². The number of carbonyl (C=O) groups excluding carboxylic acids is 2. The van der Waals surface area contributed by atoms with E-state index in [1.165, 1.54) is 0 Å². The van der Waals surface area contributed by atoms with Crippen molar-refractivity contribution < 1.29 is 14.3 Å². The molecule has 2 N–H and O–H groups in total. The Morgan fingerprint density at radius 1 is 1.04 bits per heavy atom. The van der Waals surface area contributed by atoms with Gasteiger partial charge in [-0.25, -0.2) is 4.79 Å².